The van der Waals surface area contributed by atoms with E-state index in [4.69, 9.17) is 0 Å². The summed E-state index contributed by atoms with van der Waals surface area (Å²) in [4.78, 5) is 13.8. The third-order valence-corrected chi connectivity index (χ3v) is 7.22. The Morgan fingerprint density at radius 1 is 0.923 bits per heavy atom. The minimum Gasteiger partial charge on any atom is -0.327 e. The van der Waals surface area contributed by atoms with E-state index in [1.807, 2.05) is 0 Å². The third kappa shape index (κ3) is 5.05. The average molecular weight is 381 g/mol. The van der Waals surface area contributed by atoms with Gasteiger partial charge in [0.05, 0.1) is 18.0 Å². The van der Waals surface area contributed by atoms with Gasteiger partial charge < -0.3 is 10.2 Å². The second-order valence-corrected chi connectivity index (χ2v) is 9.32. The van der Waals surface area contributed by atoms with Crippen molar-refractivity contribution in [2.75, 3.05) is 38.0 Å². The second kappa shape index (κ2) is 8.97. The van der Waals surface area contributed by atoms with Crippen LogP contribution >= 0.6 is 0 Å². The number of hydrogen-bond acceptors (Lipinski definition) is 3. The van der Waals surface area contributed by atoms with Crippen LogP contribution in [0.3, 0.4) is 0 Å². The van der Waals surface area contributed by atoms with Gasteiger partial charge in [-0.3, -0.25) is 4.79 Å². The fourth-order valence-corrected chi connectivity index (χ4v) is 5.32. The first kappa shape index (κ1) is 19.3. The number of hydrogen-bond donors (Lipinski definition) is 2. The number of nitrogens with one attached hydrogen (secondary N) is 2. The molecule has 2 saturated heterocycles. The molecule has 7 heteroatoms. The lowest BCUT2D eigenvalue weighted by Gasteiger charge is -2.23. The zero-order chi connectivity index (χ0) is 18.4. The van der Waals surface area contributed by atoms with Crippen molar-refractivity contribution in [3.63, 3.8) is 0 Å². The molecule has 2 heterocycles. The van der Waals surface area contributed by atoms with Crippen molar-refractivity contribution in [1.82, 2.24) is 4.31 Å². The highest BCUT2D eigenvalue weighted by atomic mass is 32.2. The van der Waals surface area contributed by atoms with Crippen molar-refractivity contribution in [2.45, 2.75) is 49.8 Å². The van der Waals surface area contributed by atoms with Crippen molar-refractivity contribution >= 4 is 21.6 Å². The zero-order valence-corrected chi connectivity index (χ0v) is 16.2. The summed E-state index contributed by atoms with van der Waals surface area (Å²) in [6.07, 6.45) is 7.67. The molecule has 1 aromatic carbocycles. The van der Waals surface area contributed by atoms with E-state index in [0.29, 0.717) is 30.2 Å². The summed E-state index contributed by atoms with van der Waals surface area (Å²) in [6, 6.07) is 6.58. The Balaban J connectivity index is 1.59. The van der Waals surface area contributed by atoms with Crippen LogP contribution in [0.5, 0.6) is 0 Å². The number of amides is 1. The van der Waals surface area contributed by atoms with E-state index in [1.165, 1.54) is 24.2 Å². The van der Waals surface area contributed by atoms with Gasteiger partial charge in [-0.25, -0.2) is 8.42 Å². The van der Waals surface area contributed by atoms with Gasteiger partial charge in [0.15, 0.2) is 6.54 Å². The van der Waals surface area contributed by atoms with Crippen LogP contribution in [0.1, 0.15) is 44.9 Å². The lowest BCUT2D eigenvalue weighted by atomic mass is 10.1. The monoisotopic (exact) mass is 380 g/mol. The van der Waals surface area contributed by atoms with Gasteiger partial charge in [-0.05, 0) is 56.4 Å². The Morgan fingerprint density at radius 3 is 2.12 bits per heavy atom. The number of benzene rings is 1. The Labute approximate surface area is 156 Å². The summed E-state index contributed by atoms with van der Waals surface area (Å²) in [5, 5.41) is 2.89. The number of quaternary nitrogens is 1. The third-order valence-electron chi connectivity index (χ3n) is 5.31. The maximum Gasteiger partial charge on any atom is 0.279 e. The topological polar surface area (TPSA) is 70.9 Å². The lowest BCUT2D eigenvalue weighted by molar-refractivity contribution is -0.896. The van der Waals surface area contributed by atoms with Crippen LogP contribution in [-0.2, 0) is 14.8 Å². The van der Waals surface area contributed by atoms with Crippen molar-refractivity contribution in [2.24, 2.45) is 0 Å². The Bertz CT molecular complexity index is 689. The summed E-state index contributed by atoms with van der Waals surface area (Å²) in [6.45, 7) is 3.79. The van der Waals surface area contributed by atoms with E-state index in [-0.39, 0.29) is 5.91 Å². The molecule has 0 spiro atoms. The summed E-state index contributed by atoms with van der Waals surface area (Å²) >= 11 is 0. The van der Waals surface area contributed by atoms with Crippen LogP contribution < -0.4 is 10.2 Å². The van der Waals surface area contributed by atoms with Crippen LogP contribution in [0.4, 0.5) is 5.69 Å². The van der Waals surface area contributed by atoms with E-state index >= 15 is 0 Å². The number of nitrogens with zero attached hydrogens (tertiary/aromatic N) is 1. The molecule has 0 radical (unpaired) electrons. The SMILES string of the molecule is O=C(C[NH+]1CCCCC1)Nc1ccc(S(=O)(=O)N2CCCCCC2)cc1. The molecule has 26 heavy (non-hydrogen) atoms. The normalized spacial score (nSPS) is 20.5. The van der Waals surface area contributed by atoms with Gasteiger partial charge in [0.1, 0.15) is 0 Å². The molecule has 0 saturated carbocycles. The lowest BCUT2D eigenvalue weighted by Crippen LogP contribution is -3.13. The van der Waals surface area contributed by atoms with Gasteiger partial charge in [0, 0.05) is 18.8 Å². The van der Waals surface area contributed by atoms with E-state index < -0.39 is 10.0 Å². The van der Waals surface area contributed by atoms with Crippen molar-refractivity contribution < 1.29 is 18.1 Å². The Kier molecular flexibility index (Phi) is 6.67. The predicted octanol–water partition coefficient (Wildman–Crippen LogP) is 1.26. The van der Waals surface area contributed by atoms with Crippen molar-refractivity contribution in [3.05, 3.63) is 24.3 Å². The molecule has 3 rings (SSSR count). The summed E-state index contributed by atoms with van der Waals surface area (Å²) in [5.41, 5.74) is 0.654. The van der Waals surface area contributed by atoms with Gasteiger partial charge >= 0.3 is 0 Å². The number of sulfonamides is 1. The minimum absolute atomic E-state index is 0.00924. The molecule has 1 amide bonds. The van der Waals surface area contributed by atoms with Crippen LogP contribution in [-0.4, -0.2) is 51.4 Å². The average Bonchev–Trinajstić information content (AvgIpc) is 2.93. The molecule has 0 aromatic heterocycles. The number of carbonyl (C=O) groups excluding carboxylic acids is 1. The molecule has 1 aromatic rings. The molecule has 0 bridgehead atoms. The second-order valence-electron chi connectivity index (χ2n) is 7.38. The number of anilines is 1. The van der Waals surface area contributed by atoms with Crippen LogP contribution in [0.15, 0.2) is 29.2 Å². The van der Waals surface area contributed by atoms with Crippen LogP contribution in [0, 0.1) is 0 Å². The minimum atomic E-state index is -3.44. The molecule has 0 atom stereocenters. The molecule has 2 aliphatic heterocycles. The molecule has 0 aliphatic carbocycles. The molecular formula is C19H30N3O3S+. The number of likely N-dealkylation sites (tertiary alicyclic amines) is 1. The highest BCUT2D eigenvalue weighted by Crippen LogP contribution is 2.21. The molecule has 0 unspecified atom stereocenters. The largest absolute Gasteiger partial charge is 0.327 e. The Hall–Kier alpha value is -1.44. The first-order valence-corrected chi connectivity index (χ1v) is 11.2. The maximum absolute atomic E-state index is 12.8. The van der Waals surface area contributed by atoms with E-state index in [9.17, 15) is 13.2 Å². The van der Waals surface area contributed by atoms with Crippen LogP contribution in [0.2, 0.25) is 0 Å². The summed E-state index contributed by atoms with van der Waals surface area (Å²) < 4.78 is 27.1. The first-order valence-electron chi connectivity index (χ1n) is 9.79. The Morgan fingerprint density at radius 2 is 1.50 bits per heavy atom. The quantitative estimate of drug-likeness (QED) is 0.808. The highest BCUT2D eigenvalue weighted by Gasteiger charge is 2.25. The molecular weight excluding hydrogens is 350 g/mol. The molecule has 2 N–H and O–H groups in total. The van der Waals surface area contributed by atoms with E-state index in [2.05, 4.69) is 5.32 Å². The fourth-order valence-electron chi connectivity index (χ4n) is 3.80. The predicted molar refractivity (Wildman–Crippen MR) is 102 cm³/mol. The van der Waals surface area contributed by atoms with Gasteiger partial charge in [-0.15, -0.1) is 0 Å². The molecule has 6 nitrogen and oxygen atoms in total. The molecule has 2 aliphatic rings. The van der Waals surface area contributed by atoms with E-state index in [1.54, 1.807) is 28.6 Å². The van der Waals surface area contributed by atoms with Crippen molar-refractivity contribution in [1.29, 1.82) is 0 Å². The highest BCUT2D eigenvalue weighted by molar-refractivity contribution is 7.89. The van der Waals surface area contributed by atoms with Crippen LogP contribution in [0.25, 0.3) is 0 Å². The van der Waals surface area contributed by atoms with Gasteiger partial charge in [-0.2, -0.15) is 4.31 Å². The first-order chi connectivity index (χ1) is 12.6. The van der Waals surface area contributed by atoms with Gasteiger partial charge in [0.25, 0.3) is 5.91 Å². The maximum atomic E-state index is 12.8. The zero-order valence-electron chi connectivity index (χ0n) is 15.4. The smallest absolute Gasteiger partial charge is 0.279 e. The molecule has 144 valence electrons. The number of rotatable bonds is 5. The number of piperidine rings is 1. The summed E-state index contributed by atoms with van der Waals surface area (Å²) in [7, 11) is -3.44. The van der Waals surface area contributed by atoms with Gasteiger partial charge in [-0.1, -0.05) is 12.8 Å². The van der Waals surface area contributed by atoms with Gasteiger partial charge in [0.2, 0.25) is 10.0 Å². The summed E-state index contributed by atoms with van der Waals surface area (Å²) in [5.74, 6) is -0.00924. The number of carbonyl (C=O) groups is 1. The van der Waals surface area contributed by atoms with E-state index in [0.717, 1.165) is 38.8 Å². The molecule has 2 fully saturated rings. The van der Waals surface area contributed by atoms with Crippen molar-refractivity contribution in [3.8, 4) is 0 Å². The fraction of sp³-hybridized carbons (Fsp3) is 0.632. The standard InChI is InChI=1S/C19H29N3O3S/c23-19(16-21-12-4-3-5-13-21)20-17-8-10-18(11-9-17)26(24,25)22-14-6-1-2-7-15-22/h8-11H,1-7,12-16H2,(H,20,23)/p+1.